The number of thiazole rings is 1. The second-order valence-electron chi connectivity index (χ2n) is 5.90. The maximum atomic E-state index is 12.7. The number of nitrogen functional groups attached to an aromatic ring is 1. The number of amides is 2. The summed E-state index contributed by atoms with van der Waals surface area (Å²) < 4.78 is 4.47. The molecule has 2 aromatic rings. The fraction of sp³-hybridized carbons (Fsp3) is 0.214. The summed E-state index contributed by atoms with van der Waals surface area (Å²) in [5, 5.41) is 27.5. The molecule has 2 aliphatic rings. The third kappa shape index (κ3) is 3.96. The van der Waals surface area contributed by atoms with Gasteiger partial charge in [-0.05, 0) is 11.5 Å². The lowest BCUT2D eigenvalue weighted by Crippen LogP contribution is -2.71. The molecule has 17 heteroatoms. The molecule has 1 fully saturated rings. The van der Waals surface area contributed by atoms with Crippen LogP contribution in [0.2, 0.25) is 4.34 Å². The number of aliphatic carboxylic acids is 1. The number of thioether (sulfide) groups is 2. The molecule has 0 radical (unpaired) electrons. The van der Waals surface area contributed by atoms with E-state index in [2.05, 4.69) is 25.0 Å². The van der Waals surface area contributed by atoms with Gasteiger partial charge in [0, 0.05) is 10.7 Å². The number of carboxylic acids is 1. The van der Waals surface area contributed by atoms with Crippen LogP contribution < -0.4 is 11.1 Å². The van der Waals surface area contributed by atoms with Crippen molar-refractivity contribution in [2.24, 2.45) is 5.16 Å². The Balaban J connectivity index is 1.53. The molecule has 2 atom stereocenters. The van der Waals surface area contributed by atoms with Crippen molar-refractivity contribution >= 4 is 86.6 Å². The van der Waals surface area contributed by atoms with E-state index in [1.807, 2.05) is 0 Å². The van der Waals surface area contributed by atoms with Crippen molar-refractivity contribution in [3.05, 3.63) is 26.8 Å². The standard InChI is InChI=1S/C14H10ClN7O5S4/c15-9-5(19-14(16)30-9)6(20-27)10(23)18-7-11(24)22-8(13(25)26)3(2-28-12(7)22)29-4-1-17-21-31-4/h1,7,12,27H,2H2,(H2,16,19)(H,18,23)(H,25,26)/b20-6+/t7-,12?/m1/s1. The lowest BCUT2D eigenvalue weighted by molar-refractivity contribution is -0.150. The van der Waals surface area contributed by atoms with Gasteiger partial charge in [-0.25, -0.2) is 9.78 Å². The van der Waals surface area contributed by atoms with Gasteiger partial charge in [0.25, 0.3) is 11.8 Å². The van der Waals surface area contributed by atoms with Crippen molar-refractivity contribution in [2.75, 3.05) is 11.5 Å². The summed E-state index contributed by atoms with van der Waals surface area (Å²) >= 11 is 10.4. The number of hydrogen-bond acceptors (Lipinski definition) is 13. The second kappa shape index (κ2) is 8.62. The summed E-state index contributed by atoms with van der Waals surface area (Å²) in [6.45, 7) is 0. The fourth-order valence-corrected chi connectivity index (χ4v) is 6.87. The number of hydrogen-bond donors (Lipinski definition) is 4. The SMILES string of the molecule is Nc1nc(/C(=N\O)C(=O)N[C@@H]2C(=O)N3C(C(=O)O)=C(Sc4cnns4)CSC23)c(Cl)s1. The Morgan fingerprint density at radius 2 is 2.23 bits per heavy atom. The number of β-lactam (4-membered cyclic amide) rings is 1. The van der Waals surface area contributed by atoms with Crippen LogP contribution in [0.25, 0.3) is 0 Å². The molecule has 0 aromatic carbocycles. The first-order valence-corrected chi connectivity index (χ1v) is 12.0. The molecule has 1 saturated heterocycles. The van der Waals surface area contributed by atoms with Gasteiger partial charge >= 0.3 is 5.97 Å². The molecule has 4 heterocycles. The molecular formula is C14H10ClN7O5S4. The highest BCUT2D eigenvalue weighted by molar-refractivity contribution is 8.07. The van der Waals surface area contributed by atoms with Crippen molar-refractivity contribution in [2.45, 2.75) is 15.6 Å². The number of aromatic nitrogens is 3. The Morgan fingerprint density at radius 1 is 1.45 bits per heavy atom. The first-order chi connectivity index (χ1) is 14.8. The van der Waals surface area contributed by atoms with Gasteiger partial charge in [0.2, 0.25) is 0 Å². The number of carbonyl (C=O) groups is 3. The van der Waals surface area contributed by atoms with E-state index < -0.39 is 34.9 Å². The zero-order valence-corrected chi connectivity index (χ0v) is 18.9. The van der Waals surface area contributed by atoms with E-state index in [9.17, 15) is 24.7 Å². The van der Waals surface area contributed by atoms with E-state index in [0.29, 0.717) is 14.9 Å². The van der Waals surface area contributed by atoms with Crippen LogP contribution >= 0.6 is 58.0 Å². The average Bonchev–Trinajstić information content (AvgIpc) is 3.35. The quantitative estimate of drug-likeness (QED) is 0.184. The zero-order valence-electron chi connectivity index (χ0n) is 14.9. The molecule has 0 bridgehead atoms. The van der Waals surface area contributed by atoms with E-state index in [-0.39, 0.29) is 20.9 Å². The summed E-state index contributed by atoms with van der Waals surface area (Å²) in [5.41, 5.74) is 4.77. The lowest BCUT2D eigenvalue weighted by Gasteiger charge is -2.49. The van der Waals surface area contributed by atoms with Crippen LogP contribution in [-0.2, 0) is 14.4 Å². The molecule has 12 nitrogen and oxygen atoms in total. The van der Waals surface area contributed by atoms with Crippen LogP contribution in [0, 0.1) is 0 Å². The number of carbonyl (C=O) groups excluding carboxylic acids is 2. The highest BCUT2D eigenvalue weighted by Gasteiger charge is 2.54. The van der Waals surface area contributed by atoms with Gasteiger partial charge in [-0.2, -0.15) is 0 Å². The molecule has 4 rings (SSSR count). The van der Waals surface area contributed by atoms with Crippen molar-refractivity contribution in [1.82, 2.24) is 24.8 Å². The monoisotopic (exact) mass is 519 g/mol. The highest BCUT2D eigenvalue weighted by Crippen LogP contribution is 2.45. The predicted molar refractivity (Wildman–Crippen MR) is 115 cm³/mol. The van der Waals surface area contributed by atoms with Crippen LogP contribution in [0.3, 0.4) is 0 Å². The van der Waals surface area contributed by atoms with E-state index in [0.717, 1.165) is 27.8 Å². The number of nitrogens with one attached hydrogen (secondary N) is 1. The van der Waals surface area contributed by atoms with Crippen molar-refractivity contribution in [1.29, 1.82) is 0 Å². The smallest absolute Gasteiger partial charge is 0.353 e. The normalized spacial score (nSPS) is 21.0. The summed E-state index contributed by atoms with van der Waals surface area (Å²) in [5.74, 6) is -2.46. The molecular weight excluding hydrogens is 510 g/mol. The van der Waals surface area contributed by atoms with Gasteiger partial charge in [0.05, 0.1) is 6.20 Å². The number of oxime groups is 1. The largest absolute Gasteiger partial charge is 0.477 e. The van der Waals surface area contributed by atoms with Gasteiger partial charge in [0.15, 0.2) is 10.8 Å². The van der Waals surface area contributed by atoms with E-state index >= 15 is 0 Å². The van der Waals surface area contributed by atoms with Gasteiger partial charge in [-0.3, -0.25) is 14.5 Å². The maximum Gasteiger partial charge on any atom is 0.353 e. The summed E-state index contributed by atoms with van der Waals surface area (Å²) in [6, 6.07) is -1.02. The predicted octanol–water partition coefficient (Wildman–Crippen LogP) is 0.897. The molecule has 2 aliphatic heterocycles. The molecule has 0 saturated carbocycles. The Hall–Kier alpha value is -2.40. The van der Waals surface area contributed by atoms with E-state index in [1.54, 1.807) is 0 Å². The first kappa shape index (κ1) is 21.8. The van der Waals surface area contributed by atoms with E-state index in [1.165, 1.54) is 29.7 Å². The number of anilines is 1. The topological polar surface area (TPSA) is 184 Å². The molecule has 0 spiro atoms. The number of rotatable bonds is 6. The van der Waals surface area contributed by atoms with Crippen LogP contribution in [0.4, 0.5) is 5.13 Å². The summed E-state index contributed by atoms with van der Waals surface area (Å²) in [6.07, 6.45) is 1.51. The highest BCUT2D eigenvalue weighted by atomic mass is 35.5. The lowest BCUT2D eigenvalue weighted by atomic mass is 10.0. The minimum absolute atomic E-state index is 0.0457. The summed E-state index contributed by atoms with van der Waals surface area (Å²) in [7, 11) is 0. The average molecular weight is 520 g/mol. The van der Waals surface area contributed by atoms with Crippen molar-refractivity contribution in [3.63, 3.8) is 0 Å². The Bertz CT molecular complexity index is 1130. The minimum Gasteiger partial charge on any atom is -0.477 e. The Labute approximate surface area is 194 Å². The fourth-order valence-electron chi connectivity index (χ4n) is 2.87. The molecule has 2 amide bonds. The summed E-state index contributed by atoms with van der Waals surface area (Å²) in [4.78, 5) is 42.6. The number of halogens is 1. The van der Waals surface area contributed by atoms with Gasteiger partial charge in [0.1, 0.15) is 31.4 Å². The third-order valence-corrected chi connectivity index (χ3v) is 8.50. The number of carboxylic acid groups (broad SMARTS) is 1. The molecule has 5 N–H and O–H groups in total. The van der Waals surface area contributed by atoms with Gasteiger partial charge < -0.3 is 21.4 Å². The molecule has 1 unspecified atom stereocenters. The number of fused-ring (bicyclic) bond motifs is 1. The van der Waals surface area contributed by atoms with Crippen LogP contribution in [0.15, 0.2) is 26.2 Å². The van der Waals surface area contributed by atoms with E-state index in [4.69, 9.17) is 17.3 Å². The molecule has 162 valence electrons. The second-order valence-corrected chi connectivity index (χ2v) is 10.8. The number of nitrogens with zero attached hydrogens (tertiary/aromatic N) is 5. The zero-order chi connectivity index (χ0) is 22.3. The van der Waals surface area contributed by atoms with Gasteiger partial charge in [-0.15, -0.1) is 16.9 Å². The van der Waals surface area contributed by atoms with Crippen molar-refractivity contribution < 1.29 is 24.7 Å². The van der Waals surface area contributed by atoms with Gasteiger partial charge in [-0.1, -0.05) is 44.3 Å². The van der Waals surface area contributed by atoms with Crippen LogP contribution in [0.5, 0.6) is 0 Å². The molecule has 31 heavy (non-hydrogen) atoms. The molecule has 0 aliphatic carbocycles. The minimum atomic E-state index is -1.26. The first-order valence-electron chi connectivity index (χ1n) is 8.13. The number of nitrogens with two attached hydrogens (primary N) is 1. The molecule has 2 aromatic heterocycles. The third-order valence-electron chi connectivity index (χ3n) is 4.13. The van der Waals surface area contributed by atoms with Crippen LogP contribution in [-0.4, -0.2) is 70.4 Å². The Kier molecular flexibility index (Phi) is 6.07. The van der Waals surface area contributed by atoms with Crippen molar-refractivity contribution in [3.8, 4) is 0 Å². The Morgan fingerprint density at radius 3 is 2.81 bits per heavy atom. The van der Waals surface area contributed by atoms with Crippen LogP contribution in [0.1, 0.15) is 5.69 Å². The maximum absolute atomic E-state index is 12.7.